The lowest BCUT2D eigenvalue weighted by molar-refractivity contribution is -0.142. The van der Waals surface area contributed by atoms with Gasteiger partial charge < -0.3 is 15.1 Å². The Morgan fingerprint density at radius 2 is 0.902 bits per heavy atom. The first-order valence-corrected chi connectivity index (χ1v) is 18.0. The molecule has 0 aromatic heterocycles. The molecule has 2 N–H and O–H groups in total. The molecule has 0 heterocycles. The minimum atomic E-state index is -0.965. The maximum absolute atomic E-state index is 13.1. The van der Waals surface area contributed by atoms with Crippen LogP contribution in [0.25, 0.3) is 0 Å². The van der Waals surface area contributed by atoms with Crippen LogP contribution in [0.5, 0.6) is 0 Å². The first kappa shape index (κ1) is 40.1. The van der Waals surface area contributed by atoms with E-state index in [1.54, 1.807) is 7.05 Å². The summed E-state index contributed by atoms with van der Waals surface area (Å²) in [5.41, 5.74) is 0. The third-order valence-electron chi connectivity index (χ3n) is 8.63. The second-order valence-electron chi connectivity index (χ2n) is 12.7. The van der Waals surface area contributed by atoms with Crippen molar-refractivity contribution >= 4 is 11.7 Å². The van der Waals surface area contributed by atoms with E-state index in [0.29, 0.717) is 12.8 Å². The summed E-state index contributed by atoms with van der Waals surface area (Å²) in [4.78, 5) is 27.7. The number of unbranched alkanes of at least 4 members (excludes halogenated alkanes) is 23. The van der Waals surface area contributed by atoms with E-state index in [4.69, 9.17) is 0 Å². The average Bonchev–Trinajstić information content (AvgIpc) is 2.97. The molecule has 0 aliphatic carbocycles. The lowest BCUT2D eigenvalue weighted by Gasteiger charge is -2.25. The number of hydrogen-bond donors (Lipinski definition) is 2. The van der Waals surface area contributed by atoms with Gasteiger partial charge in [0.15, 0.2) is 0 Å². The molecule has 2 atom stereocenters. The molecule has 2 unspecified atom stereocenters. The van der Waals surface area contributed by atoms with Crippen LogP contribution in [-0.4, -0.2) is 53.1 Å². The Hall–Kier alpha value is -0.940. The molecule has 244 valence electrons. The Kier molecular flexibility index (Phi) is 29.8. The van der Waals surface area contributed by atoms with Crippen molar-refractivity contribution in [2.24, 2.45) is 5.92 Å². The van der Waals surface area contributed by atoms with Crippen molar-refractivity contribution in [1.82, 2.24) is 4.90 Å². The van der Waals surface area contributed by atoms with Gasteiger partial charge in [-0.1, -0.05) is 168 Å². The van der Waals surface area contributed by atoms with Crippen molar-refractivity contribution < 1.29 is 19.8 Å². The topological polar surface area (TPSA) is 77.8 Å². The summed E-state index contributed by atoms with van der Waals surface area (Å²) in [6.45, 7) is 4.21. The number of carbonyl (C=O) groups is 2. The summed E-state index contributed by atoms with van der Waals surface area (Å²) in [6, 6.07) is 0. The van der Waals surface area contributed by atoms with E-state index in [1.165, 1.54) is 140 Å². The molecular formula is C36H71NO4. The number of aliphatic hydroxyl groups excluding tert-OH is 2. The fraction of sp³-hybridized carbons (Fsp3) is 0.944. The Bertz CT molecular complexity index is 582. The molecule has 0 bridgehead atoms. The van der Waals surface area contributed by atoms with Crippen molar-refractivity contribution in [2.45, 2.75) is 193 Å². The number of rotatable bonds is 32. The highest BCUT2D eigenvalue weighted by molar-refractivity contribution is 6.01. The summed E-state index contributed by atoms with van der Waals surface area (Å²) >= 11 is 0. The van der Waals surface area contributed by atoms with E-state index in [-0.39, 0.29) is 24.8 Å². The van der Waals surface area contributed by atoms with Gasteiger partial charge in [0, 0.05) is 20.0 Å². The van der Waals surface area contributed by atoms with Gasteiger partial charge in [-0.3, -0.25) is 9.59 Å². The Morgan fingerprint density at radius 1 is 0.561 bits per heavy atom. The molecule has 5 heteroatoms. The van der Waals surface area contributed by atoms with Crippen molar-refractivity contribution in [3.05, 3.63) is 0 Å². The molecule has 0 radical (unpaired) electrons. The van der Waals surface area contributed by atoms with E-state index < -0.39 is 12.0 Å². The minimum absolute atomic E-state index is 0.0616. The largest absolute Gasteiger partial charge is 0.394 e. The smallest absolute Gasteiger partial charge is 0.232 e. The second-order valence-corrected chi connectivity index (χ2v) is 12.7. The van der Waals surface area contributed by atoms with Crippen LogP contribution in [0.1, 0.15) is 187 Å². The van der Waals surface area contributed by atoms with E-state index in [9.17, 15) is 19.8 Å². The van der Waals surface area contributed by atoms with Crippen LogP contribution in [0.2, 0.25) is 0 Å². The summed E-state index contributed by atoms with van der Waals surface area (Å²) in [7, 11) is 1.63. The SMILES string of the molecule is CCCCCCCCCCCCCCCC(=O)C(CCCCCCCCCCCCCC)C(=O)N(C)CC(O)CO. The number of nitrogens with zero attached hydrogens (tertiary/aromatic N) is 1. The Morgan fingerprint density at radius 3 is 1.27 bits per heavy atom. The molecule has 1 amide bonds. The lowest BCUT2D eigenvalue weighted by atomic mass is 9.91. The quantitative estimate of drug-likeness (QED) is 0.0612. The molecular weight excluding hydrogens is 510 g/mol. The van der Waals surface area contributed by atoms with Crippen LogP contribution in [-0.2, 0) is 9.59 Å². The van der Waals surface area contributed by atoms with Crippen LogP contribution in [0.15, 0.2) is 0 Å². The summed E-state index contributed by atoms with van der Waals surface area (Å²) in [6.07, 6.45) is 31.8. The molecule has 0 aromatic carbocycles. The van der Waals surface area contributed by atoms with Crippen LogP contribution in [0.4, 0.5) is 0 Å². The first-order chi connectivity index (χ1) is 20.0. The van der Waals surface area contributed by atoms with Crippen LogP contribution >= 0.6 is 0 Å². The molecule has 0 spiro atoms. The standard InChI is InChI=1S/C36H71NO4/c1-4-6-8-10-12-14-16-18-20-22-24-26-28-30-35(40)34(36(41)37(3)31-33(39)32-38)29-27-25-23-21-19-17-15-13-11-9-7-5-2/h33-34,38-39H,4-32H2,1-3H3. The number of aliphatic hydroxyl groups is 2. The Labute approximate surface area is 255 Å². The van der Waals surface area contributed by atoms with Crippen molar-refractivity contribution in [2.75, 3.05) is 20.2 Å². The normalized spacial score (nSPS) is 12.9. The van der Waals surface area contributed by atoms with Gasteiger partial charge >= 0.3 is 0 Å². The summed E-state index contributed by atoms with van der Waals surface area (Å²) < 4.78 is 0. The monoisotopic (exact) mass is 582 g/mol. The number of likely N-dealkylation sites (N-methyl/N-ethyl adjacent to an activating group) is 1. The number of amides is 1. The van der Waals surface area contributed by atoms with Crippen LogP contribution in [0, 0.1) is 5.92 Å². The minimum Gasteiger partial charge on any atom is -0.394 e. The fourth-order valence-electron chi connectivity index (χ4n) is 5.83. The van der Waals surface area contributed by atoms with E-state index in [1.807, 2.05) is 0 Å². The zero-order chi connectivity index (χ0) is 30.4. The molecule has 5 nitrogen and oxygen atoms in total. The average molecular weight is 582 g/mol. The van der Waals surface area contributed by atoms with Crippen molar-refractivity contribution in [3.63, 3.8) is 0 Å². The molecule has 0 rings (SSSR count). The first-order valence-electron chi connectivity index (χ1n) is 18.0. The van der Waals surface area contributed by atoms with Gasteiger partial charge in [0.2, 0.25) is 5.91 Å². The van der Waals surface area contributed by atoms with Gasteiger partial charge in [-0.2, -0.15) is 0 Å². The third-order valence-corrected chi connectivity index (χ3v) is 8.63. The number of Topliss-reactive ketones (excluding diaryl/α,β-unsaturated/α-hetero) is 1. The van der Waals surface area contributed by atoms with Crippen LogP contribution < -0.4 is 0 Å². The number of carbonyl (C=O) groups excluding carboxylic acids is 2. The van der Waals surface area contributed by atoms with Crippen molar-refractivity contribution in [1.29, 1.82) is 0 Å². The van der Waals surface area contributed by atoms with E-state index >= 15 is 0 Å². The van der Waals surface area contributed by atoms with Gasteiger partial charge in [-0.25, -0.2) is 0 Å². The van der Waals surface area contributed by atoms with E-state index in [2.05, 4.69) is 13.8 Å². The zero-order valence-electron chi connectivity index (χ0n) is 27.8. The Balaban J connectivity index is 4.21. The van der Waals surface area contributed by atoms with Gasteiger partial charge in [0.05, 0.1) is 18.6 Å². The molecule has 0 saturated carbocycles. The van der Waals surface area contributed by atoms with E-state index in [0.717, 1.165) is 25.7 Å². The van der Waals surface area contributed by atoms with Crippen LogP contribution in [0.3, 0.4) is 0 Å². The summed E-state index contributed by atoms with van der Waals surface area (Å²) in [5.74, 6) is -0.738. The molecule has 41 heavy (non-hydrogen) atoms. The molecule has 0 aromatic rings. The highest BCUT2D eigenvalue weighted by Gasteiger charge is 2.28. The van der Waals surface area contributed by atoms with Gasteiger partial charge in [0.25, 0.3) is 0 Å². The highest BCUT2D eigenvalue weighted by atomic mass is 16.3. The third kappa shape index (κ3) is 25.3. The maximum atomic E-state index is 13.1. The molecule has 0 aliphatic rings. The summed E-state index contributed by atoms with van der Waals surface area (Å²) in [5, 5.41) is 19.0. The maximum Gasteiger partial charge on any atom is 0.232 e. The van der Waals surface area contributed by atoms with Gasteiger partial charge in [0.1, 0.15) is 5.78 Å². The molecule has 0 fully saturated rings. The predicted octanol–water partition coefficient (Wildman–Crippen LogP) is 9.56. The number of hydrogen-bond acceptors (Lipinski definition) is 4. The predicted molar refractivity (Wildman–Crippen MR) is 175 cm³/mol. The highest BCUT2D eigenvalue weighted by Crippen LogP contribution is 2.20. The fourth-order valence-corrected chi connectivity index (χ4v) is 5.83. The zero-order valence-corrected chi connectivity index (χ0v) is 27.8. The molecule has 0 aliphatic heterocycles. The van der Waals surface area contributed by atoms with Gasteiger partial charge in [-0.05, 0) is 12.8 Å². The second kappa shape index (κ2) is 30.5. The van der Waals surface area contributed by atoms with Crippen molar-refractivity contribution in [3.8, 4) is 0 Å². The number of ketones is 1. The molecule has 0 saturated heterocycles. The lowest BCUT2D eigenvalue weighted by Crippen LogP contribution is -2.41. The van der Waals surface area contributed by atoms with Gasteiger partial charge in [-0.15, -0.1) is 0 Å².